The molecule has 1 aromatic carbocycles. The van der Waals surface area contributed by atoms with E-state index in [0.29, 0.717) is 6.61 Å². The summed E-state index contributed by atoms with van der Waals surface area (Å²) in [5, 5.41) is 2.17. The van der Waals surface area contributed by atoms with Gasteiger partial charge in [-0.05, 0) is 67.6 Å². The van der Waals surface area contributed by atoms with Crippen LogP contribution in [0.25, 0.3) is 5.57 Å². The van der Waals surface area contributed by atoms with E-state index in [4.69, 9.17) is 4.74 Å². The van der Waals surface area contributed by atoms with Crippen molar-refractivity contribution < 1.29 is 4.74 Å². The number of hydrogen-bond donors (Lipinski definition) is 0. The van der Waals surface area contributed by atoms with E-state index in [0.717, 1.165) is 18.7 Å². The lowest BCUT2D eigenvalue weighted by Gasteiger charge is -2.13. The average molecular weight is 310 g/mol. The number of benzene rings is 1. The summed E-state index contributed by atoms with van der Waals surface area (Å²) in [5.41, 5.74) is 3.81. The van der Waals surface area contributed by atoms with E-state index in [1.54, 1.807) is 0 Å². The van der Waals surface area contributed by atoms with Crippen LogP contribution in [0.1, 0.15) is 35.3 Å². The fraction of sp³-hybridized carbons (Fsp3) is 0.368. The first-order valence-corrected chi connectivity index (χ1v) is 8.92. The number of likely N-dealkylation sites (tertiary alicyclic amines) is 1. The van der Waals surface area contributed by atoms with Crippen molar-refractivity contribution >= 4 is 16.9 Å². The highest BCUT2D eigenvalue weighted by molar-refractivity contribution is 7.11. The average Bonchev–Trinajstić information content (AvgIpc) is 3.20. The van der Waals surface area contributed by atoms with Gasteiger partial charge in [0.2, 0.25) is 0 Å². The third kappa shape index (κ3) is 2.71. The lowest BCUT2D eigenvalue weighted by atomic mass is 10.0. The van der Waals surface area contributed by atoms with E-state index in [2.05, 4.69) is 34.6 Å². The minimum atomic E-state index is 0.666. The molecule has 2 aliphatic heterocycles. The van der Waals surface area contributed by atoms with Crippen LogP contribution in [0.5, 0.6) is 5.75 Å². The number of nitrogens with zero attached hydrogens (tertiary/aromatic N) is 1. The second-order valence-electron chi connectivity index (χ2n) is 5.94. The van der Waals surface area contributed by atoms with Gasteiger partial charge in [0.05, 0.1) is 0 Å². The summed E-state index contributed by atoms with van der Waals surface area (Å²) in [4.78, 5) is 3.93. The molecule has 3 heterocycles. The van der Waals surface area contributed by atoms with Gasteiger partial charge in [-0.2, -0.15) is 0 Å². The van der Waals surface area contributed by atoms with Crippen LogP contribution in [-0.4, -0.2) is 24.5 Å². The van der Waals surface area contributed by atoms with Gasteiger partial charge in [-0.1, -0.05) is 12.1 Å². The van der Waals surface area contributed by atoms with Crippen molar-refractivity contribution in [2.24, 2.45) is 0 Å². The molecule has 0 spiro atoms. The van der Waals surface area contributed by atoms with Crippen LogP contribution in [-0.2, 0) is 6.61 Å². The quantitative estimate of drug-likeness (QED) is 0.835. The summed E-state index contributed by atoms with van der Waals surface area (Å²) in [6.07, 6.45) is 6.21. The van der Waals surface area contributed by atoms with Crippen LogP contribution in [0.15, 0.2) is 35.7 Å². The van der Waals surface area contributed by atoms with Gasteiger partial charge in [0.1, 0.15) is 12.4 Å². The van der Waals surface area contributed by atoms with E-state index in [1.165, 1.54) is 47.5 Å². The molecule has 113 valence electrons. The van der Waals surface area contributed by atoms with Gasteiger partial charge in [-0.3, -0.25) is 0 Å². The minimum absolute atomic E-state index is 0.666. The molecule has 0 saturated carbocycles. The van der Waals surface area contributed by atoms with Crippen LogP contribution < -0.4 is 4.74 Å². The van der Waals surface area contributed by atoms with E-state index in [9.17, 15) is 0 Å². The number of fused-ring (bicyclic) bond motifs is 2. The van der Waals surface area contributed by atoms with Crippen LogP contribution in [0.2, 0.25) is 0 Å². The molecule has 0 N–H and O–H groups in total. The van der Waals surface area contributed by atoms with Gasteiger partial charge in [0, 0.05) is 22.5 Å². The number of thiophene rings is 1. The second-order valence-corrected chi connectivity index (χ2v) is 6.86. The Labute approximate surface area is 136 Å². The largest absolute Gasteiger partial charge is 0.488 e. The Kier molecular flexibility index (Phi) is 4.00. The zero-order valence-corrected chi connectivity index (χ0v) is 13.5. The molecule has 0 unspecified atom stereocenters. The zero-order valence-electron chi connectivity index (χ0n) is 12.7. The Balaban J connectivity index is 1.65. The van der Waals surface area contributed by atoms with Crippen LogP contribution in [0.3, 0.4) is 0 Å². The third-order valence-corrected chi connectivity index (χ3v) is 5.47. The zero-order chi connectivity index (χ0) is 14.8. The maximum atomic E-state index is 5.98. The molecule has 0 aliphatic carbocycles. The van der Waals surface area contributed by atoms with Gasteiger partial charge in [-0.15, -0.1) is 11.3 Å². The summed E-state index contributed by atoms with van der Waals surface area (Å²) in [6.45, 7) is 4.36. The number of ether oxygens (including phenoxy) is 1. The van der Waals surface area contributed by atoms with Gasteiger partial charge in [0.25, 0.3) is 0 Å². The molecule has 1 aromatic heterocycles. The molecule has 0 atom stereocenters. The number of hydrogen-bond acceptors (Lipinski definition) is 3. The molecule has 1 radical (unpaired) electrons. The molecule has 1 fully saturated rings. The van der Waals surface area contributed by atoms with Crippen molar-refractivity contribution in [1.82, 2.24) is 4.90 Å². The summed E-state index contributed by atoms with van der Waals surface area (Å²) in [5.74, 6) is 0.981. The van der Waals surface area contributed by atoms with E-state index >= 15 is 0 Å². The first-order valence-electron chi connectivity index (χ1n) is 8.04. The highest BCUT2D eigenvalue weighted by Gasteiger charge is 2.20. The highest BCUT2D eigenvalue weighted by Crippen LogP contribution is 2.39. The van der Waals surface area contributed by atoms with Crippen LogP contribution in [0, 0.1) is 6.07 Å². The lowest BCUT2D eigenvalue weighted by Crippen LogP contribution is -2.19. The van der Waals surface area contributed by atoms with E-state index in [1.807, 2.05) is 23.5 Å². The molecular formula is C19H20NOS. The molecular weight excluding hydrogens is 290 g/mol. The van der Waals surface area contributed by atoms with E-state index in [-0.39, 0.29) is 0 Å². The SMILES string of the molecule is [c]1ccc2c(c1)/C(=C\CCN1CCCC1)c1sccc1CO2. The topological polar surface area (TPSA) is 12.5 Å². The number of rotatable bonds is 3. The predicted octanol–water partition coefficient (Wildman–Crippen LogP) is 4.36. The first kappa shape index (κ1) is 14.0. The van der Waals surface area contributed by atoms with Crippen molar-refractivity contribution in [3.05, 3.63) is 57.8 Å². The lowest BCUT2D eigenvalue weighted by molar-refractivity contribution is 0.307. The molecule has 3 heteroatoms. The molecule has 1 saturated heterocycles. The summed E-state index contributed by atoms with van der Waals surface area (Å²) in [6, 6.07) is 11.4. The monoisotopic (exact) mass is 310 g/mol. The van der Waals surface area contributed by atoms with Crippen LogP contribution in [0.4, 0.5) is 0 Å². The second kappa shape index (κ2) is 6.27. The molecule has 0 bridgehead atoms. The Bertz CT molecular complexity index is 682. The van der Waals surface area contributed by atoms with Crippen molar-refractivity contribution in [2.75, 3.05) is 19.6 Å². The Morgan fingerprint density at radius 3 is 3.09 bits per heavy atom. The molecule has 0 amide bonds. The normalized spacial score (nSPS) is 19.5. The van der Waals surface area contributed by atoms with Crippen molar-refractivity contribution in [1.29, 1.82) is 0 Å². The molecule has 2 aliphatic rings. The summed E-state index contributed by atoms with van der Waals surface area (Å²) >= 11 is 1.82. The van der Waals surface area contributed by atoms with Gasteiger partial charge in [0.15, 0.2) is 0 Å². The van der Waals surface area contributed by atoms with E-state index < -0.39 is 0 Å². The fourth-order valence-corrected chi connectivity index (χ4v) is 4.28. The summed E-state index contributed by atoms with van der Waals surface area (Å²) in [7, 11) is 0. The Morgan fingerprint density at radius 1 is 1.27 bits per heavy atom. The molecule has 4 rings (SSSR count). The minimum Gasteiger partial charge on any atom is -0.488 e. The maximum Gasteiger partial charge on any atom is 0.127 e. The molecule has 22 heavy (non-hydrogen) atoms. The van der Waals surface area contributed by atoms with Crippen LogP contribution >= 0.6 is 11.3 Å². The van der Waals surface area contributed by atoms with Gasteiger partial charge in [-0.25, -0.2) is 0 Å². The Morgan fingerprint density at radius 2 is 2.18 bits per heavy atom. The predicted molar refractivity (Wildman–Crippen MR) is 91.3 cm³/mol. The first-order chi connectivity index (χ1) is 10.9. The molecule has 2 nitrogen and oxygen atoms in total. The smallest absolute Gasteiger partial charge is 0.127 e. The van der Waals surface area contributed by atoms with Crippen molar-refractivity contribution in [2.45, 2.75) is 25.9 Å². The van der Waals surface area contributed by atoms with Gasteiger partial charge >= 0.3 is 0 Å². The van der Waals surface area contributed by atoms with Crippen molar-refractivity contribution in [3.8, 4) is 5.75 Å². The third-order valence-electron chi connectivity index (χ3n) is 4.48. The fourth-order valence-electron chi connectivity index (χ4n) is 3.32. The Hall–Kier alpha value is -1.58. The van der Waals surface area contributed by atoms with Gasteiger partial charge < -0.3 is 9.64 Å². The van der Waals surface area contributed by atoms with Crippen molar-refractivity contribution in [3.63, 3.8) is 0 Å². The summed E-state index contributed by atoms with van der Waals surface area (Å²) < 4.78 is 5.98. The molecule has 2 aromatic rings. The highest BCUT2D eigenvalue weighted by atomic mass is 32.1. The maximum absolute atomic E-state index is 5.98. The standard InChI is InChI=1S/C19H20NOS/c1-2-8-18-16(6-1)17(7-5-12-20-10-3-4-11-20)19-15(14-21-18)9-13-22-19/h2,6-9,13H,3-5,10-12,14H2/b17-7+.